The predicted octanol–water partition coefficient (Wildman–Crippen LogP) is 1.44. The summed E-state index contributed by atoms with van der Waals surface area (Å²) in [6.45, 7) is 7.02. The molecule has 0 saturated heterocycles. The van der Waals surface area contributed by atoms with Crippen LogP contribution in [0.25, 0.3) is 0 Å². The van der Waals surface area contributed by atoms with Crippen LogP contribution in [0.1, 0.15) is 46.5 Å². The highest BCUT2D eigenvalue weighted by Crippen LogP contribution is 2.32. The molecule has 0 aromatic rings. The number of hydrogen-bond acceptors (Lipinski definition) is 2. The summed E-state index contributed by atoms with van der Waals surface area (Å²) in [6, 6.07) is 0.425. The maximum absolute atomic E-state index is 11.2. The molecular weight excluding hydrogens is 189 g/mol. The van der Waals surface area contributed by atoms with E-state index in [1.807, 2.05) is 7.85 Å². The molecule has 0 aliphatic rings. The summed E-state index contributed by atoms with van der Waals surface area (Å²) < 4.78 is 0. The summed E-state index contributed by atoms with van der Waals surface area (Å²) in [6.07, 6.45) is 3.53. The van der Waals surface area contributed by atoms with Crippen LogP contribution in [0.3, 0.4) is 0 Å². The third-order valence-corrected chi connectivity index (χ3v) is 2.83. The Labute approximate surface area is 94.0 Å². The lowest BCUT2D eigenvalue weighted by atomic mass is 9.63. The second-order valence-corrected chi connectivity index (χ2v) is 4.83. The van der Waals surface area contributed by atoms with Crippen LogP contribution in [0.2, 0.25) is 5.31 Å². The molecule has 0 aliphatic carbocycles. The fourth-order valence-corrected chi connectivity index (χ4v) is 1.54. The molecule has 1 unspecified atom stereocenters. The molecule has 1 atom stereocenters. The van der Waals surface area contributed by atoms with Crippen molar-refractivity contribution in [2.45, 2.75) is 57.8 Å². The molecule has 0 fully saturated rings. The molecule has 3 nitrogen and oxygen atoms in total. The first-order valence-electron chi connectivity index (χ1n) is 5.89. The van der Waals surface area contributed by atoms with E-state index < -0.39 is 11.3 Å². The van der Waals surface area contributed by atoms with Crippen molar-refractivity contribution in [3.63, 3.8) is 0 Å². The van der Waals surface area contributed by atoms with Gasteiger partial charge in [0.25, 0.3) is 0 Å². The Kier molecular flexibility index (Phi) is 6.65. The van der Waals surface area contributed by atoms with E-state index >= 15 is 0 Å². The van der Waals surface area contributed by atoms with E-state index in [-0.39, 0.29) is 0 Å². The Balaban J connectivity index is 4.07. The lowest BCUT2D eigenvalue weighted by Gasteiger charge is -2.25. The van der Waals surface area contributed by atoms with Gasteiger partial charge in [0.1, 0.15) is 7.85 Å². The number of carboxylic acids is 1. The Morgan fingerprint density at radius 3 is 2.47 bits per heavy atom. The van der Waals surface area contributed by atoms with E-state index in [1.165, 1.54) is 0 Å². The van der Waals surface area contributed by atoms with Crippen molar-refractivity contribution in [1.29, 1.82) is 0 Å². The van der Waals surface area contributed by atoms with Crippen molar-refractivity contribution in [3.05, 3.63) is 0 Å². The SMILES string of the molecule is BC(CCCC)(CCNC(C)C)C(=O)O. The maximum Gasteiger partial charge on any atom is 0.301 e. The van der Waals surface area contributed by atoms with Crippen molar-refractivity contribution in [2.24, 2.45) is 0 Å². The molecule has 0 aromatic carbocycles. The Hall–Kier alpha value is -0.505. The van der Waals surface area contributed by atoms with Gasteiger partial charge in [-0.3, -0.25) is 4.79 Å². The fourth-order valence-electron chi connectivity index (χ4n) is 1.54. The highest BCUT2D eigenvalue weighted by atomic mass is 16.4. The zero-order valence-electron chi connectivity index (χ0n) is 10.5. The minimum Gasteiger partial charge on any atom is -0.481 e. The zero-order valence-corrected chi connectivity index (χ0v) is 10.5. The van der Waals surface area contributed by atoms with Crippen LogP contribution in [0.15, 0.2) is 0 Å². The van der Waals surface area contributed by atoms with E-state index in [4.69, 9.17) is 0 Å². The average Bonchev–Trinajstić information content (AvgIpc) is 2.14. The smallest absolute Gasteiger partial charge is 0.301 e. The molecule has 0 spiro atoms. The van der Waals surface area contributed by atoms with Gasteiger partial charge in [-0.25, -0.2) is 0 Å². The second-order valence-electron chi connectivity index (χ2n) is 4.83. The number of nitrogens with one attached hydrogen (secondary N) is 1. The van der Waals surface area contributed by atoms with Crippen LogP contribution in [0.5, 0.6) is 0 Å². The van der Waals surface area contributed by atoms with Gasteiger partial charge in [0.2, 0.25) is 0 Å². The van der Waals surface area contributed by atoms with Gasteiger partial charge in [-0.15, -0.1) is 0 Å². The number of aliphatic carboxylic acids is 1. The monoisotopic (exact) mass is 213 g/mol. The molecule has 0 aliphatic heterocycles. The summed E-state index contributed by atoms with van der Waals surface area (Å²) in [5.74, 6) is -0.665. The molecule has 0 rings (SSSR count). The molecule has 0 heterocycles. The van der Waals surface area contributed by atoms with Crippen molar-refractivity contribution >= 4 is 13.8 Å². The number of hydrogen-bond donors (Lipinski definition) is 2. The molecule has 88 valence electrons. The van der Waals surface area contributed by atoms with Gasteiger partial charge >= 0.3 is 5.97 Å². The highest BCUT2D eigenvalue weighted by molar-refractivity contribution is 6.26. The third kappa shape index (κ3) is 5.83. The minimum atomic E-state index is -0.665. The van der Waals surface area contributed by atoms with Gasteiger partial charge in [-0.1, -0.05) is 33.6 Å². The lowest BCUT2D eigenvalue weighted by Crippen LogP contribution is -2.31. The first-order chi connectivity index (χ1) is 6.92. The Morgan fingerprint density at radius 1 is 1.47 bits per heavy atom. The molecule has 2 N–H and O–H groups in total. The van der Waals surface area contributed by atoms with Crippen LogP contribution in [0.4, 0.5) is 0 Å². The lowest BCUT2D eigenvalue weighted by molar-refractivity contribution is -0.141. The first-order valence-corrected chi connectivity index (χ1v) is 5.89. The maximum atomic E-state index is 11.2. The van der Waals surface area contributed by atoms with E-state index in [0.717, 1.165) is 25.8 Å². The molecule has 0 aromatic heterocycles. The second kappa shape index (κ2) is 6.88. The van der Waals surface area contributed by atoms with Gasteiger partial charge in [0.05, 0.1) is 0 Å². The van der Waals surface area contributed by atoms with Crippen LogP contribution in [-0.2, 0) is 4.79 Å². The summed E-state index contributed by atoms with van der Waals surface area (Å²) >= 11 is 0. The minimum absolute atomic E-state index is 0.425. The Bertz CT molecular complexity index is 197. The van der Waals surface area contributed by atoms with Gasteiger partial charge in [-0.2, -0.15) is 0 Å². The summed E-state index contributed by atoms with van der Waals surface area (Å²) in [7, 11) is 1.85. The number of rotatable bonds is 8. The highest BCUT2D eigenvalue weighted by Gasteiger charge is 2.31. The summed E-state index contributed by atoms with van der Waals surface area (Å²) in [5.41, 5.74) is 0. The van der Waals surface area contributed by atoms with Crippen molar-refractivity contribution in [3.8, 4) is 0 Å². The average molecular weight is 213 g/mol. The van der Waals surface area contributed by atoms with Crippen molar-refractivity contribution in [2.75, 3.05) is 6.54 Å². The first kappa shape index (κ1) is 14.5. The Morgan fingerprint density at radius 2 is 2.07 bits per heavy atom. The molecule has 0 amide bonds. The summed E-state index contributed by atoms with van der Waals surface area (Å²) in [5, 5.41) is 11.9. The van der Waals surface area contributed by atoms with Crippen LogP contribution < -0.4 is 5.32 Å². The fraction of sp³-hybridized carbons (Fsp3) is 0.909. The third-order valence-electron chi connectivity index (χ3n) is 2.83. The van der Waals surface area contributed by atoms with Crippen LogP contribution >= 0.6 is 0 Å². The van der Waals surface area contributed by atoms with Gasteiger partial charge in [-0.05, 0) is 19.4 Å². The van der Waals surface area contributed by atoms with Gasteiger partial charge in [0.15, 0.2) is 0 Å². The van der Waals surface area contributed by atoms with E-state index in [1.54, 1.807) is 0 Å². The summed E-state index contributed by atoms with van der Waals surface area (Å²) in [4.78, 5) is 11.2. The molecule has 0 radical (unpaired) electrons. The number of carboxylic acid groups (broad SMARTS) is 1. The molecule has 0 bridgehead atoms. The molecule has 0 saturated carbocycles. The van der Waals surface area contributed by atoms with Crippen LogP contribution in [0, 0.1) is 0 Å². The van der Waals surface area contributed by atoms with E-state index in [0.29, 0.717) is 12.5 Å². The number of carbonyl (C=O) groups is 1. The normalized spacial score (nSPS) is 15.2. The quantitative estimate of drug-likeness (QED) is 0.600. The molecule has 15 heavy (non-hydrogen) atoms. The molecule has 4 heteroatoms. The van der Waals surface area contributed by atoms with Gasteiger partial charge < -0.3 is 10.4 Å². The largest absolute Gasteiger partial charge is 0.481 e. The molecular formula is C11H24BNO2. The predicted molar refractivity (Wildman–Crippen MR) is 66.2 cm³/mol. The van der Waals surface area contributed by atoms with Gasteiger partial charge in [0, 0.05) is 11.4 Å². The standard InChI is InChI=1S/C11H24BNO2/c1-4-5-6-11(12,10(14)15)7-8-13-9(2)3/h9,13H,4-8,12H2,1-3H3,(H,14,15). The zero-order chi connectivity index (χ0) is 11.9. The van der Waals surface area contributed by atoms with E-state index in [2.05, 4.69) is 26.1 Å². The van der Waals surface area contributed by atoms with Crippen LogP contribution in [-0.4, -0.2) is 31.5 Å². The topological polar surface area (TPSA) is 49.3 Å². The number of unbranched alkanes of at least 4 members (excludes halogenated alkanes) is 1. The van der Waals surface area contributed by atoms with E-state index in [9.17, 15) is 9.90 Å². The van der Waals surface area contributed by atoms with Crippen molar-refractivity contribution < 1.29 is 9.90 Å². The van der Waals surface area contributed by atoms with Crippen molar-refractivity contribution in [1.82, 2.24) is 5.32 Å².